The average Bonchev–Trinajstić information content (AvgIpc) is 3.28. The van der Waals surface area contributed by atoms with Gasteiger partial charge in [-0.25, -0.2) is 9.59 Å². The van der Waals surface area contributed by atoms with E-state index in [0.29, 0.717) is 11.5 Å². The van der Waals surface area contributed by atoms with Crippen LogP contribution in [0.1, 0.15) is 89.7 Å². The zero-order valence-corrected chi connectivity index (χ0v) is 38.7. The van der Waals surface area contributed by atoms with Crippen LogP contribution >= 0.6 is 0 Å². The molecule has 0 saturated heterocycles. The number of hydrogen-bond donors (Lipinski definition) is 4. The molecule has 0 aliphatic carbocycles. The Kier molecular flexibility index (Phi) is 16.0. The molecule has 12 nitrogen and oxygen atoms in total. The van der Waals surface area contributed by atoms with Crippen LogP contribution in [0.15, 0.2) is 97.1 Å². The van der Waals surface area contributed by atoms with Gasteiger partial charge in [0.25, 0.3) is 0 Å². The normalized spacial score (nSPS) is 11.2. The summed E-state index contributed by atoms with van der Waals surface area (Å²) in [5.41, 5.74) is 12.0. The highest BCUT2D eigenvalue weighted by Gasteiger charge is 2.23. The van der Waals surface area contributed by atoms with Crippen LogP contribution < -0.4 is 9.47 Å². The van der Waals surface area contributed by atoms with E-state index < -0.39 is 11.9 Å². The van der Waals surface area contributed by atoms with Gasteiger partial charge in [0.15, 0.2) is 26.8 Å². The summed E-state index contributed by atoms with van der Waals surface area (Å²) >= 11 is 0. The van der Waals surface area contributed by atoms with Crippen LogP contribution in [0.4, 0.5) is 0 Å². The van der Waals surface area contributed by atoms with E-state index in [1.165, 1.54) is 0 Å². The van der Waals surface area contributed by atoms with Gasteiger partial charge in [0, 0.05) is 11.8 Å². The molecule has 0 atom stereocenters. The number of aromatic hydroxyl groups is 4. The van der Waals surface area contributed by atoms with Crippen LogP contribution in [0, 0.1) is 55.4 Å². The predicted octanol–water partition coefficient (Wildman–Crippen LogP) is 9.83. The lowest BCUT2D eigenvalue weighted by atomic mass is 9.82. The number of ether oxygens (including phenoxy) is 6. The molecule has 12 heteroatoms. The van der Waals surface area contributed by atoms with Gasteiger partial charge in [0.1, 0.15) is 34.5 Å². The van der Waals surface area contributed by atoms with Crippen molar-refractivity contribution in [1.29, 1.82) is 0 Å². The van der Waals surface area contributed by atoms with Crippen molar-refractivity contribution in [2.45, 2.75) is 67.2 Å². The number of carbonyl (C=O) groups is 2. The molecule has 0 radical (unpaired) electrons. The fourth-order valence-electron chi connectivity index (χ4n) is 8.11. The second-order valence-electron chi connectivity index (χ2n) is 16.7. The zero-order chi connectivity index (χ0) is 47.7. The Morgan fingerprint density at radius 3 is 0.879 bits per heavy atom. The molecule has 0 saturated carbocycles. The maximum atomic E-state index is 12.4. The average molecular weight is 899 g/mol. The molecule has 0 bridgehead atoms. The number of carbonyl (C=O) groups excluding carboxylic acids is 2. The predicted molar refractivity (Wildman–Crippen MR) is 250 cm³/mol. The van der Waals surface area contributed by atoms with Crippen molar-refractivity contribution >= 4 is 11.9 Å². The van der Waals surface area contributed by atoms with Crippen LogP contribution in [0.25, 0.3) is 0 Å². The third-order valence-corrected chi connectivity index (χ3v) is 11.5. The van der Waals surface area contributed by atoms with Gasteiger partial charge in [-0.05, 0) is 158 Å². The van der Waals surface area contributed by atoms with E-state index in [0.717, 1.165) is 77.9 Å². The number of aryl methyl sites for hydroxylation is 8. The molecule has 6 aromatic carbocycles. The smallest absolute Gasteiger partial charge is 0.346 e. The summed E-state index contributed by atoms with van der Waals surface area (Å²) in [5, 5.41) is 41.8. The minimum absolute atomic E-state index is 0.0743. The summed E-state index contributed by atoms with van der Waals surface area (Å²) in [7, 11) is 0. The molecule has 66 heavy (non-hydrogen) atoms. The standard InChI is InChI=1S/C54H58O12/c1-31-19-41(20-32(2)51(31)57)49(42-21-33(3)52(58)34(4)22-42)39-9-13-45(14-10-39)63-27-47(55)65-29-61-17-18-62-30-66-48(56)28-64-46-15-11-40(12-16-46)50(43-23-35(5)53(59)36(6)24-43)44-25-37(7)54(60)38(8)26-44/h9-16,19-26,49-50,57-60H,17-18,27-30H2,1-8H3. The van der Waals surface area contributed by atoms with Gasteiger partial charge in [0.2, 0.25) is 0 Å². The lowest BCUT2D eigenvalue weighted by Crippen LogP contribution is -2.19. The fourth-order valence-corrected chi connectivity index (χ4v) is 8.11. The van der Waals surface area contributed by atoms with Crippen LogP contribution in [0.3, 0.4) is 0 Å². The third-order valence-electron chi connectivity index (χ3n) is 11.5. The highest BCUT2D eigenvalue weighted by Crippen LogP contribution is 2.40. The Morgan fingerprint density at radius 2 is 0.636 bits per heavy atom. The van der Waals surface area contributed by atoms with Crippen LogP contribution in [0.2, 0.25) is 0 Å². The van der Waals surface area contributed by atoms with Gasteiger partial charge in [-0.15, -0.1) is 0 Å². The summed E-state index contributed by atoms with van der Waals surface area (Å²) < 4.78 is 32.2. The number of phenolic OH excluding ortho intramolecular Hbond substituents is 4. The molecule has 0 spiro atoms. The second kappa shape index (κ2) is 21.8. The summed E-state index contributed by atoms with van der Waals surface area (Å²) in [6.07, 6.45) is 0. The molecule has 0 unspecified atom stereocenters. The van der Waals surface area contributed by atoms with Crippen LogP contribution in [-0.4, -0.2) is 72.4 Å². The van der Waals surface area contributed by atoms with Crippen molar-refractivity contribution < 1.29 is 58.4 Å². The maximum Gasteiger partial charge on any atom is 0.346 e. The molecule has 0 amide bonds. The second-order valence-corrected chi connectivity index (χ2v) is 16.7. The molecule has 0 heterocycles. The minimum Gasteiger partial charge on any atom is -0.507 e. The first-order chi connectivity index (χ1) is 31.5. The summed E-state index contributed by atoms with van der Waals surface area (Å²) in [6, 6.07) is 30.5. The quantitative estimate of drug-likeness (QED) is 0.0263. The van der Waals surface area contributed by atoms with Gasteiger partial charge < -0.3 is 48.8 Å². The molecule has 0 aromatic heterocycles. The van der Waals surface area contributed by atoms with Crippen molar-refractivity contribution in [1.82, 2.24) is 0 Å². The van der Waals surface area contributed by atoms with Crippen LogP contribution in [-0.2, 0) is 28.5 Å². The number of hydrogen-bond acceptors (Lipinski definition) is 12. The van der Waals surface area contributed by atoms with Crippen molar-refractivity contribution in [3.05, 3.63) is 175 Å². The van der Waals surface area contributed by atoms with E-state index in [-0.39, 0.29) is 74.8 Å². The Morgan fingerprint density at radius 1 is 0.394 bits per heavy atom. The van der Waals surface area contributed by atoms with E-state index in [2.05, 4.69) is 0 Å². The highest BCUT2D eigenvalue weighted by molar-refractivity contribution is 5.71. The third kappa shape index (κ3) is 12.0. The monoisotopic (exact) mass is 898 g/mol. The van der Waals surface area contributed by atoms with Crippen molar-refractivity contribution in [2.75, 3.05) is 40.0 Å². The summed E-state index contributed by atoms with van der Waals surface area (Å²) in [5.74, 6) is 0.317. The molecule has 6 aromatic rings. The maximum absolute atomic E-state index is 12.4. The first-order valence-electron chi connectivity index (χ1n) is 21.6. The first kappa shape index (κ1) is 48.4. The van der Waals surface area contributed by atoms with Gasteiger partial charge in [-0.3, -0.25) is 0 Å². The Balaban J connectivity index is 0.902. The van der Waals surface area contributed by atoms with Crippen molar-refractivity contribution in [3.8, 4) is 34.5 Å². The molecular weight excluding hydrogens is 841 g/mol. The van der Waals surface area contributed by atoms with Crippen LogP contribution in [0.5, 0.6) is 34.5 Å². The Labute approximate surface area is 385 Å². The number of esters is 2. The van der Waals surface area contributed by atoms with E-state index >= 15 is 0 Å². The van der Waals surface area contributed by atoms with E-state index in [1.807, 2.05) is 128 Å². The lowest BCUT2D eigenvalue weighted by molar-refractivity contribution is -0.166. The molecule has 6 rings (SSSR count). The van der Waals surface area contributed by atoms with E-state index in [9.17, 15) is 30.0 Å². The Hall–Kier alpha value is -7.02. The van der Waals surface area contributed by atoms with E-state index in [1.54, 1.807) is 24.3 Å². The SMILES string of the molecule is Cc1cc(C(c2ccc(OCC(=O)OCOCCOCOC(=O)COc3ccc(C(c4cc(C)c(O)c(C)c4)c4cc(C)c(O)c(C)c4)cc3)cc2)c2cc(C)c(O)c(C)c2)cc(C)c1O. The van der Waals surface area contributed by atoms with Crippen molar-refractivity contribution in [3.63, 3.8) is 0 Å². The highest BCUT2D eigenvalue weighted by atomic mass is 16.7. The topological polar surface area (TPSA) is 170 Å². The fraction of sp³-hybridized carbons (Fsp3) is 0.296. The molecule has 346 valence electrons. The number of rotatable bonds is 19. The zero-order valence-electron chi connectivity index (χ0n) is 38.7. The summed E-state index contributed by atoms with van der Waals surface area (Å²) in [4.78, 5) is 24.7. The molecule has 0 fully saturated rings. The van der Waals surface area contributed by atoms with E-state index in [4.69, 9.17) is 28.4 Å². The molecular formula is C54H58O12. The summed E-state index contributed by atoms with van der Waals surface area (Å²) in [6.45, 7) is 13.8. The van der Waals surface area contributed by atoms with Gasteiger partial charge in [-0.1, -0.05) is 72.8 Å². The number of phenols is 4. The van der Waals surface area contributed by atoms with Gasteiger partial charge >= 0.3 is 11.9 Å². The van der Waals surface area contributed by atoms with Gasteiger partial charge in [-0.2, -0.15) is 0 Å². The molecule has 0 aliphatic heterocycles. The first-order valence-corrected chi connectivity index (χ1v) is 21.6. The minimum atomic E-state index is -0.628. The lowest BCUT2D eigenvalue weighted by Gasteiger charge is -2.22. The largest absolute Gasteiger partial charge is 0.507 e. The molecule has 4 N–H and O–H groups in total. The van der Waals surface area contributed by atoms with Gasteiger partial charge in [0.05, 0.1) is 13.2 Å². The Bertz CT molecular complexity index is 2280. The number of benzene rings is 6. The molecule has 0 aliphatic rings. The van der Waals surface area contributed by atoms with Crippen molar-refractivity contribution in [2.24, 2.45) is 0 Å².